The van der Waals surface area contributed by atoms with E-state index in [9.17, 15) is 0 Å². The van der Waals surface area contributed by atoms with E-state index in [0.29, 0.717) is 0 Å². The van der Waals surface area contributed by atoms with Crippen LogP contribution in [0.3, 0.4) is 0 Å². The summed E-state index contributed by atoms with van der Waals surface area (Å²) in [7, 11) is 8.98. The molecule has 53 heavy (non-hydrogen) atoms. The number of quaternary nitrogens is 3. The Balaban J connectivity index is -0.000000318. The molecule has 326 valence electrons. The van der Waals surface area contributed by atoms with Crippen LogP contribution in [0.5, 0.6) is 0 Å². The van der Waals surface area contributed by atoms with Crippen molar-refractivity contribution in [3.8, 4) is 0 Å². The normalized spacial score (nSPS) is 12.0. The summed E-state index contributed by atoms with van der Waals surface area (Å²) >= 11 is 0. The molecule has 0 rings (SSSR count). The molecule has 0 spiro atoms. The first-order valence-corrected chi connectivity index (χ1v) is 24.5. The molecule has 0 aromatic rings. The predicted octanol–water partition coefficient (Wildman–Crippen LogP) is 11.0. The van der Waals surface area contributed by atoms with E-state index in [2.05, 4.69) is 83.8 Å². The highest BCUT2D eigenvalue weighted by Crippen LogP contribution is 2.12. The molecule has 0 aromatic carbocycles. The molecule has 0 saturated heterocycles. The van der Waals surface area contributed by atoms with Gasteiger partial charge in [-0.05, 0) is 77.0 Å². The second-order valence-corrected chi connectivity index (χ2v) is 18.9. The maximum atomic E-state index is 8.55. The summed E-state index contributed by atoms with van der Waals surface area (Å²) in [6.07, 6.45) is 38.0. The Morgan fingerprint density at radius 1 is 0.283 bits per heavy atom. The molecule has 0 fully saturated rings. The molecule has 0 atom stereocenters. The molecule has 7 nitrogen and oxygen atoms in total. The van der Waals surface area contributed by atoms with Gasteiger partial charge in [0.2, 0.25) is 0 Å². The molecule has 0 bridgehead atoms. The lowest BCUT2D eigenvalue weighted by atomic mass is 10.1. The third-order valence-electron chi connectivity index (χ3n) is 10.5. The van der Waals surface area contributed by atoms with Crippen molar-refractivity contribution in [3.05, 3.63) is 0 Å². The van der Waals surface area contributed by atoms with E-state index in [1.54, 1.807) is 0 Å². The van der Waals surface area contributed by atoms with Gasteiger partial charge in [0, 0.05) is 0 Å². The van der Waals surface area contributed by atoms with Gasteiger partial charge in [0.25, 0.3) is 0 Å². The van der Waals surface area contributed by atoms with Gasteiger partial charge in [-0.3, -0.25) is 0 Å². The topological polar surface area (TPSA) is 86.2 Å². The van der Waals surface area contributed by atoms with Crippen LogP contribution in [0.4, 0.5) is 0 Å². The molecule has 0 radical (unpaired) electrons. The fourth-order valence-electron chi connectivity index (χ4n) is 6.67. The van der Waals surface area contributed by atoms with E-state index in [-0.39, 0.29) is 0 Å². The van der Waals surface area contributed by atoms with Crippen LogP contribution in [0.15, 0.2) is 0 Å². The minimum Gasteiger partial charge on any atom is -0.822 e. The molecular weight excluding hydrogens is 677 g/mol. The van der Waals surface area contributed by atoms with Gasteiger partial charge in [-0.2, -0.15) is 7.82 Å². The van der Waals surface area contributed by atoms with Crippen LogP contribution in [0.2, 0.25) is 0 Å². The summed E-state index contributed by atoms with van der Waals surface area (Å²) in [4.78, 5) is 25.6. The van der Waals surface area contributed by atoms with E-state index >= 15 is 0 Å². The Morgan fingerprint density at radius 3 is 0.528 bits per heavy atom. The van der Waals surface area contributed by atoms with Crippen molar-refractivity contribution >= 4 is 7.82 Å². The van der Waals surface area contributed by atoms with Crippen molar-refractivity contribution in [1.29, 1.82) is 0 Å². The van der Waals surface area contributed by atoms with Crippen molar-refractivity contribution in [3.63, 3.8) is 0 Å². The second-order valence-electron chi connectivity index (χ2n) is 18.0. The summed E-state index contributed by atoms with van der Waals surface area (Å²) in [6.45, 7) is 21.9. The first-order chi connectivity index (χ1) is 24.9. The number of hydrogen-bond donors (Lipinski definition) is 0. The van der Waals surface area contributed by atoms with E-state index in [1.807, 2.05) is 0 Å². The number of rotatable bonds is 33. The zero-order valence-electron chi connectivity index (χ0n) is 38.8. The molecule has 0 saturated carbocycles. The van der Waals surface area contributed by atoms with Crippen molar-refractivity contribution in [1.82, 2.24) is 0 Å². The Hall–Kier alpha value is -0.0100. The Morgan fingerprint density at radius 2 is 0.396 bits per heavy atom. The number of phosphoric acid groups is 1. The monoisotopic (exact) mass is 780 g/mol. The SMILES string of the molecule is CCCCCCC[N+](C)(C)CCCCCC.CCCCCCC[N+](C)(C)CCCCCC.CCCCCCC[N+](C)(C)CCCCCC.O=P([O-])([O-])[O-]. The minimum atomic E-state index is -5.39. The van der Waals surface area contributed by atoms with Crippen LogP contribution >= 0.6 is 7.82 Å². The summed E-state index contributed by atoms with van der Waals surface area (Å²) < 4.78 is 12.2. The minimum absolute atomic E-state index is 1.23. The molecule has 8 heteroatoms. The smallest absolute Gasteiger partial charge is 0.0782 e. The van der Waals surface area contributed by atoms with Crippen LogP contribution < -0.4 is 14.7 Å². The van der Waals surface area contributed by atoms with Crippen LogP contribution in [0.1, 0.15) is 215 Å². The van der Waals surface area contributed by atoms with E-state index in [1.165, 1.54) is 226 Å². The molecule has 0 unspecified atom stereocenters. The van der Waals surface area contributed by atoms with Crippen molar-refractivity contribution < 1.29 is 32.7 Å². The van der Waals surface area contributed by atoms with Gasteiger partial charge in [-0.1, -0.05) is 138 Å². The second kappa shape index (κ2) is 41.6. The highest BCUT2D eigenvalue weighted by Gasteiger charge is 2.15. The van der Waals surface area contributed by atoms with Crippen LogP contribution in [-0.4, -0.2) is 95.0 Å². The lowest BCUT2D eigenvalue weighted by Gasteiger charge is -2.36. The highest BCUT2D eigenvalue weighted by atomic mass is 31.2. The Bertz CT molecular complexity index is 654. The van der Waals surface area contributed by atoms with Crippen LogP contribution in [0, 0.1) is 0 Å². The zero-order valence-corrected chi connectivity index (χ0v) is 39.7. The lowest BCUT2D eigenvalue weighted by Crippen LogP contribution is -2.41. The fourth-order valence-corrected chi connectivity index (χ4v) is 6.67. The third-order valence-corrected chi connectivity index (χ3v) is 10.5. The quantitative estimate of drug-likeness (QED) is 0.0377. The largest absolute Gasteiger partial charge is 0.822 e. The van der Waals surface area contributed by atoms with Gasteiger partial charge < -0.3 is 32.7 Å². The third kappa shape index (κ3) is 64.2. The Labute approximate surface area is 336 Å². The molecule has 0 aliphatic rings. The standard InChI is InChI=1S/3C15H34N.H3O4P/c3*1-5-7-9-11-13-15-16(3,4)14-12-10-8-6-2;1-5(2,3)4/h3*5-15H2,1-4H3;(H3,1,2,3,4)/q3*+1;/p-3. The van der Waals surface area contributed by atoms with Gasteiger partial charge in [-0.15, -0.1) is 0 Å². The van der Waals surface area contributed by atoms with Crippen molar-refractivity contribution in [2.45, 2.75) is 215 Å². The molecular formula is C45H102N3O4P. The van der Waals surface area contributed by atoms with Gasteiger partial charge in [0.05, 0.1) is 81.6 Å². The first-order valence-electron chi connectivity index (χ1n) is 23.1. The number of unbranched alkanes of at least 4 members (excludes halogenated alkanes) is 21. The summed E-state index contributed by atoms with van der Waals surface area (Å²) in [5, 5.41) is 0. The zero-order chi connectivity index (χ0) is 41.3. The molecule has 0 heterocycles. The van der Waals surface area contributed by atoms with Gasteiger partial charge in [0.15, 0.2) is 0 Å². The number of hydrogen-bond acceptors (Lipinski definition) is 4. The molecule has 0 aliphatic heterocycles. The molecule has 0 aliphatic carbocycles. The maximum Gasteiger partial charge on any atom is 0.0782 e. The lowest BCUT2D eigenvalue weighted by molar-refractivity contribution is -0.890. The van der Waals surface area contributed by atoms with E-state index < -0.39 is 7.82 Å². The van der Waals surface area contributed by atoms with Gasteiger partial charge >= 0.3 is 0 Å². The first kappa shape index (κ1) is 59.7. The van der Waals surface area contributed by atoms with E-state index in [0.717, 1.165) is 0 Å². The summed E-state index contributed by atoms with van der Waals surface area (Å²) in [5.41, 5.74) is 0. The Kier molecular flexibility index (Phi) is 46.9. The molecule has 0 amide bonds. The average molecular weight is 780 g/mol. The van der Waals surface area contributed by atoms with E-state index in [4.69, 9.17) is 19.2 Å². The highest BCUT2D eigenvalue weighted by molar-refractivity contribution is 7.40. The molecule has 0 N–H and O–H groups in total. The predicted molar refractivity (Wildman–Crippen MR) is 232 cm³/mol. The van der Waals surface area contributed by atoms with Gasteiger partial charge in [0.1, 0.15) is 0 Å². The molecule has 0 aromatic heterocycles. The van der Waals surface area contributed by atoms with Crippen LogP contribution in [-0.2, 0) is 4.57 Å². The van der Waals surface area contributed by atoms with Crippen molar-refractivity contribution in [2.24, 2.45) is 0 Å². The van der Waals surface area contributed by atoms with Crippen LogP contribution in [0.25, 0.3) is 0 Å². The number of nitrogens with zero attached hydrogens (tertiary/aromatic N) is 3. The van der Waals surface area contributed by atoms with Gasteiger partial charge in [-0.25, -0.2) is 0 Å². The average Bonchev–Trinajstić information content (AvgIpc) is 3.07. The fraction of sp³-hybridized carbons (Fsp3) is 1.00. The summed E-state index contributed by atoms with van der Waals surface area (Å²) in [5.74, 6) is 0. The van der Waals surface area contributed by atoms with Crippen molar-refractivity contribution in [2.75, 3.05) is 81.6 Å². The summed E-state index contributed by atoms with van der Waals surface area (Å²) in [6, 6.07) is 0. The maximum absolute atomic E-state index is 8.55.